The molecule has 0 saturated heterocycles. The minimum Gasteiger partial charge on any atom is -0.466 e. The van der Waals surface area contributed by atoms with Crippen LogP contribution in [0.5, 0.6) is 0 Å². The molecule has 178 valence electrons. The van der Waals surface area contributed by atoms with Gasteiger partial charge in [0.25, 0.3) is 0 Å². The van der Waals surface area contributed by atoms with Crippen molar-refractivity contribution in [1.82, 2.24) is 4.72 Å². The van der Waals surface area contributed by atoms with Gasteiger partial charge in [0.1, 0.15) is 12.2 Å². The molecular weight excluding hydrogens is 456 g/mol. The number of nitriles is 1. The number of benzene rings is 1. The molecule has 0 bridgehead atoms. The quantitative estimate of drug-likeness (QED) is 0.350. The summed E-state index contributed by atoms with van der Waals surface area (Å²) in [5.74, 6) is -0.709. The number of carbonyl (C=O) groups excluding carboxylic acids is 2. The molecule has 2 unspecified atom stereocenters. The van der Waals surface area contributed by atoms with E-state index in [0.717, 1.165) is 16.0 Å². The lowest BCUT2D eigenvalue weighted by molar-refractivity contribution is -0.145. The molecule has 1 heterocycles. The first-order chi connectivity index (χ1) is 15.5. The number of nitrogens with one attached hydrogen (secondary N) is 1. The summed E-state index contributed by atoms with van der Waals surface area (Å²) in [6.45, 7) is 9.70. The van der Waals surface area contributed by atoms with E-state index in [1.807, 2.05) is 44.4 Å². The zero-order chi connectivity index (χ0) is 24.6. The molecular formula is C25H32N2O4S2. The molecule has 0 amide bonds. The lowest BCUT2D eigenvalue weighted by atomic mass is 9.94. The Labute approximate surface area is 202 Å². The van der Waals surface area contributed by atoms with E-state index in [1.54, 1.807) is 24.3 Å². The first-order valence-electron chi connectivity index (χ1n) is 11.0. The second kappa shape index (κ2) is 12.2. The maximum atomic E-state index is 12.8. The second-order valence-electron chi connectivity index (χ2n) is 8.88. The Hall–Kier alpha value is -2.34. The molecule has 8 heteroatoms. The molecule has 0 radical (unpaired) electrons. The highest BCUT2D eigenvalue weighted by Gasteiger charge is 2.28. The summed E-state index contributed by atoms with van der Waals surface area (Å²) in [5.41, 5.74) is 2.60. The molecule has 0 aliphatic carbocycles. The normalized spacial score (nSPS) is 14.2. The van der Waals surface area contributed by atoms with Gasteiger partial charge < -0.3 is 4.74 Å². The van der Waals surface area contributed by atoms with Crippen molar-refractivity contribution in [2.75, 3.05) is 6.61 Å². The van der Waals surface area contributed by atoms with Gasteiger partial charge in [-0.2, -0.15) is 5.26 Å². The standard InChI is InChI=1S/C25H32N2O4S2/c1-6-31-24(29)14-21(28)10-11-22(27-33(30)25(3,4)5)17(2)23-13-20(16-32-23)19-9-7-8-18(12-19)15-26/h7-9,12-13,16-17,22,27H,6,10-11,14H2,1-5H3/t17-,22?,33?/m0/s1. The minimum atomic E-state index is -1.31. The maximum Gasteiger partial charge on any atom is 0.313 e. The molecule has 1 N–H and O–H groups in total. The van der Waals surface area contributed by atoms with Crippen LogP contribution < -0.4 is 4.72 Å². The largest absolute Gasteiger partial charge is 0.466 e. The van der Waals surface area contributed by atoms with Gasteiger partial charge in [-0.25, -0.2) is 8.93 Å². The summed E-state index contributed by atoms with van der Waals surface area (Å²) in [6.07, 6.45) is 0.415. The van der Waals surface area contributed by atoms with Gasteiger partial charge in [0.2, 0.25) is 0 Å². The van der Waals surface area contributed by atoms with Crippen LogP contribution in [-0.4, -0.2) is 33.4 Å². The van der Waals surface area contributed by atoms with Crippen molar-refractivity contribution in [2.24, 2.45) is 0 Å². The number of ketones is 1. The summed E-state index contributed by atoms with van der Waals surface area (Å²) in [5, 5.41) is 11.2. The summed E-state index contributed by atoms with van der Waals surface area (Å²) >= 11 is 1.60. The predicted octanol–water partition coefficient (Wildman–Crippen LogP) is 5.11. The molecule has 1 aromatic carbocycles. The van der Waals surface area contributed by atoms with Crippen LogP contribution in [-0.2, 0) is 25.3 Å². The number of carbonyl (C=O) groups is 2. The molecule has 2 aromatic rings. The van der Waals surface area contributed by atoms with E-state index in [1.165, 1.54) is 0 Å². The Morgan fingerprint density at radius 3 is 2.61 bits per heavy atom. The number of rotatable bonds is 11. The van der Waals surface area contributed by atoms with E-state index in [9.17, 15) is 19.1 Å². The number of nitrogens with zero attached hydrogens (tertiary/aromatic N) is 1. The molecule has 33 heavy (non-hydrogen) atoms. The lowest BCUT2D eigenvalue weighted by Gasteiger charge is -2.28. The Kier molecular flexibility index (Phi) is 9.96. The van der Waals surface area contributed by atoms with Crippen LogP contribution in [0.3, 0.4) is 0 Å². The first-order valence-corrected chi connectivity index (χ1v) is 13.0. The Balaban J connectivity index is 2.19. The fourth-order valence-electron chi connectivity index (χ4n) is 3.21. The van der Waals surface area contributed by atoms with Gasteiger partial charge in [-0.15, -0.1) is 11.3 Å². The summed E-state index contributed by atoms with van der Waals surface area (Å²) in [6, 6.07) is 11.5. The van der Waals surface area contributed by atoms with Crippen LogP contribution in [0.1, 0.15) is 70.2 Å². The van der Waals surface area contributed by atoms with Gasteiger partial charge >= 0.3 is 5.97 Å². The van der Waals surface area contributed by atoms with E-state index >= 15 is 0 Å². The zero-order valence-electron chi connectivity index (χ0n) is 19.8. The predicted molar refractivity (Wildman–Crippen MR) is 133 cm³/mol. The third-order valence-corrected chi connectivity index (χ3v) is 7.96. The molecule has 0 aliphatic heterocycles. The SMILES string of the molecule is CCOC(=O)CC(=O)CCC(NS(=O)C(C)(C)C)[C@H](C)c1cc(-c2cccc(C#N)c2)cs1. The van der Waals surface area contributed by atoms with Gasteiger partial charge in [0, 0.05) is 23.3 Å². The molecule has 1 aromatic heterocycles. The van der Waals surface area contributed by atoms with Crippen LogP contribution in [0.2, 0.25) is 0 Å². The molecule has 0 saturated carbocycles. The minimum absolute atomic E-state index is 0.00964. The average Bonchev–Trinajstić information content (AvgIpc) is 3.25. The van der Waals surface area contributed by atoms with E-state index in [4.69, 9.17) is 4.74 Å². The third-order valence-electron chi connectivity index (χ3n) is 5.19. The van der Waals surface area contributed by atoms with Crippen LogP contribution >= 0.6 is 11.3 Å². The van der Waals surface area contributed by atoms with E-state index < -0.39 is 21.7 Å². The first kappa shape index (κ1) is 26.9. The topological polar surface area (TPSA) is 96.3 Å². The van der Waals surface area contributed by atoms with Crippen molar-refractivity contribution >= 4 is 34.1 Å². The fourth-order valence-corrected chi connectivity index (χ4v) is 5.20. The third kappa shape index (κ3) is 8.18. The van der Waals surface area contributed by atoms with Crippen molar-refractivity contribution in [3.8, 4) is 17.2 Å². The van der Waals surface area contributed by atoms with Gasteiger partial charge in [-0.1, -0.05) is 19.1 Å². The molecule has 2 rings (SSSR count). The highest BCUT2D eigenvalue weighted by Crippen LogP contribution is 2.33. The highest BCUT2D eigenvalue weighted by atomic mass is 32.2. The summed E-state index contributed by atoms with van der Waals surface area (Å²) < 4.78 is 20.5. The van der Waals surface area contributed by atoms with Crippen LogP contribution in [0.15, 0.2) is 35.7 Å². The second-order valence-corrected chi connectivity index (χ2v) is 11.8. The van der Waals surface area contributed by atoms with Crippen molar-refractivity contribution < 1.29 is 18.5 Å². The van der Waals surface area contributed by atoms with E-state index in [2.05, 4.69) is 23.8 Å². The van der Waals surface area contributed by atoms with Crippen molar-refractivity contribution in [1.29, 1.82) is 5.26 Å². The molecule has 0 fully saturated rings. The highest BCUT2D eigenvalue weighted by molar-refractivity contribution is 7.84. The number of hydrogen-bond donors (Lipinski definition) is 1. The zero-order valence-corrected chi connectivity index (χ0v) is 21.5. The molecule has 3 atom stereocenters. The Morgan fingerprint density at radius 2 is 1.97 bits per heavy atom. The summed E-state index contributed by atoms with van der Waals surface area (Å²) in [7, 11) is -1.31. The molecule has 0 spiro atoms. The Bertz CT molecular complexity index is 1030. The molecule has 6 nitrogen and oxygen atoms in total. The van der Waals surface area contributed by atoms with E-state index in [0.29, 0.717) is 12.0 Å². The van der Waals surface area contributed by atoms with Crippen molar-refractivity contribution in [3.63, 3.8) is 0 Å². The number of thiophene rings is 1. The number of hydrogen-bond acceptors (Lipinski definition) is 6. The van der Waals surface area contributed by atoms with Crippen LogP contribution in [0.25, 0.3) is 11.1 Å². The van der Waals surface area contributed by atoms with Gasteiger partial charge in [0.05, 0.1) is 34.0 Å². The van der Waals surface area contributed by atoms with Gasteiger partial charge in [-0.05, 0) is 68.8 Å². The van der Waals surface area contributed by atoms with Gasteiger partial charge in [0.15, 0.2) is 0 Å². The van der Waals surface area contributed by atoms with Gasteiger partial charge in [-0.3, -0.25) is 9.59 Å². The fraction of sp³-hybridized carbons (Fsp3) is 0.480. The van der Waals surface area contributed by atoms with Crippen LogP contribution in [0, 0.1) is 11.3 Å². The Morgan fingerprint density at radius 1 is 1.24 bits per heavy atom. The van der Waals surface area contributed by atoms with E-state index in [-0.39, 0.29) is 37.2 Å². The smallest absolute Gasteiger partial charge is 0.313 e. The monoisotopic (exact) mass is 488 g/mol. The number of Topliss-reactive ketones (excluding diaryl/α,β-unsaturated/α-hetero) is 1. The number of ether oxygens (including phenoxy) is 1. The maximum absolute atomic E-state index is 12.8. The van der Waals surface area contributed by atoms with Crippen molar-refractivity contribution in [2.45, 2.75) is 70.6 Å². The lowest BCUT2D eigenvalue weighted by Crippen LogP contribution is -2.42. The molecule has 0 aliphatic rings. The average molecular weight is 489 g/mol. The van der Waals surface area contributed by atoms with Crippen LogP contribution in [0.4, 0.5) is 0 Å². The number of esters is 1. The summed E-state index contributed by atoms with van der Waals surface area (Å²) in [4.78, 5) is 25.0. The van der Waals surface area contributed by atoms with Crippen molar-refractivity contribution in [3.05, 3.63) is 46.2 Å².